The molecule has 0 rings (SSSR count). The lowest BCUT2D eigenvalue weighted by molar-refractivity contribution is -0.0510. The van der Waals surface area contributed by atoms with E-state index in [0.29, 0.717) is 5.04 Å². The third-order valence-electron chi connectivity index (χ3n) is 2.02. The molecule has 8 heteroatoms. The first-order chi connectivity index (χ1) is 6.19. The molecule has 15 heavy (non-hydrogen) atoms. The Bertz CT molecular complexity index is 277. The molecule has 0 aliphatic heterocycles. The van der Waals surface area contributed by atoms with E-state index in [9.17, 15) is 13.2 Å². The van der Waals surface area contributed by atoms with Crippen molar-refractivity contribution >= 4 is 18.9 Å². The zero-order valence-corrected chi connectivity index (χ0v) is 11.4. The molecular formula is C7H17F3O3SSi. The summed E-state index contributed by atoms with van der Waals surface area (Å²) in [6, 6.07) is 0. The van der Waals surface area contributed by atoms with Crippen molar-refractivity contribution in [2.75, 3.05) is 0 Å². The summed E-state index contributed by atoms with van der Waals surface area (Å²) in [6.07, 6.45) is 0. The fourth-order valence-electron chi connectivity index (χ4n) is 0. The Balaban J connectivity index is 0. The summed E-state index contributed by atoms with van der Waals surface area (Å²) < 4.78 is 57.5. The zero-order chi connectivity index (χ0) is 13.1. The van der Waals surface area contributed by atoms with Crippen LogP contribution in [0, 0.1) is 0 Å². The number of rotatable bonds is 0. The minimum Gasteiger partial charge on any atom is -0.279 e. The van der Waals surface area contributed by atoms with Crippen LogP contribution < -0.4 is 0 Å². The monoisotopic (exact) mass is 266 g/mol. The zero-order valence-electron chi connectivity index (χ0n) is 9.38. The second-order valence-corrected chi connectivity index (χ2v) is 9.90. The molecule has 0 aromatic heterocycles. The standard InChI is InChI=1S/C6H16Si.CHF3O3S/c1-6(2,3)7(4)5;2-1(3,4)8(5,6)7/h7H,1-5H3;(H,5,6,7). The molecule has 0 heterocycles. The average Bonchev–Trinajstić information content (AvgIpc) is 1.80. The fraction of sp³-hybridized carbons (Fsp3) is 1.00. The molecule has 94 valence electrons. The first-order valence-electron chi connectivity index (χ1n) is 4.23. The maximum Gasteiger partial charge on any atom is 0.522 e. The number of alkyl halides is 3. The van der Waals surface area contributed by atoms with E-state index in [1.807, 2.05) is 0 Å². The van der Waals surface area contributed by atoms with Gasteiger partial charge in [0.15, 0.2) is 0 Å². The molecule has 0 fully saturated rings. The highest BCUT2D eigenvalue weighted by molar-refractivity contribution is 7.86. The minimum atomic E-state index is -5.84. The smallest absolute Gasteiger partial charge is 0.279 e. The molecule has 0 aromatic rings. The van der Waals surface area contributed by atoms with Crippen LogP contribution in [0.1, 0.15) is 20.8 Å². The van der Waals surface area contributed by atoms with E-state index in [1.54, 1.807) is 0 Å². The van der Waals surface area contributed by atoms with E-state index in [2.05, 4.69) is 33.9 Å². The highest BCUT2D eigenvalue weighted by atomic mass is 32.2. The van der Waals surface area contributed by atoms with Crippen molar-refractivity contribution in [3.8, 4) is 0 Å². The lowest BCUT2D eigenvalue weighted by atomic mass is 10.2. The Labute approximate surface area is 90.0 Å². The molecule has 0 radical (unpaired) electrons. The predicted molar refractivity (Wildman–Crippen MR) is 56.2 cm³/mol. The van der Waals surface area contributed by atoms with Crippen molar-refractivity contribution < 1.29 is 26.1 Å². The summed E-state index contributed by atoms with van der Waals surface area (Å²) in [5.74, 6) is 0. The van der Waals surface area contributed by atoms with E-state index in [0.717, 1.165) is 0 Å². The molecule has 0 saturated carbocycles. The van der Waals surface area contributed by atoms with Crippen molar-refractivity contribution in [3.63, 3.8) is 0 Å². The van der Waals surface area contributed by atoms with Gasteiger partial charge < -0.3 is 0 Å². The Kier molecular flexibility index (Phi) is 6.13. The summed E-state index contributed by atoms with van der Waals surface area (Å²) in [5, 5.41) is 0.639. The molecule has 0 aliphatic carbocycles. The van der Waals surface area contributed by atoms with Crippen molar-refractivity contribution in [1.29, 1.82) is 0 Å². The average molecular weight is 266 g/mol. The first kappa shape index (κ1) is 17.3. The van der Waals surface area contributed by atoms with Gasteiger partial charge in [-0.25, -0.2) is 0 Å². The van der Waals surface area contributed by atoms with Gasteiger partial charge in [0.25, 0.3) is 0 Å². The van der Waals surface area contributed by atoms with Gasteiger partial charge in [-0.15, -0.1) is 0 Å². The van der Waals surface area contributed by atoms with Crippen molar-refractivity contribution in [2.24, 2.45) is 0 Å². The Morgan fingerprint density at radius 1 is 1.07 bits per heavy atom. The summed E-state index contributed by atoms with van der Waals surface area (Å²) in [7, 11) is -6.20. The second-order valence-electron chi connectivity index (χ2n) is 4.44. The first-order valence-corrected chi connectivity index (χ1v) is 8.56. The highest BCUT2D eigenvalue weighted by Crippen LogP contribution is 2.25. The quantitative estimate of drug-likeness (QED) is 0.416. The number of hydrogen-bond donors (Lipinski definition) is 1. The van der Waals surface area contributed by atoms with Gasteiger partial charge in [0.2, 0.25) is 0 Å². The highest BCUT2D eigenvalue weighted by Gasteiger charge is 2.44. The SMILES string of the molecule is C[SiH](C)C(C)(C)C.O=S(=O)(O)C(F)(F)F. The molecule has 0 atom stereocenters. The van der Waals surface area contributed by atoms with Crippen LogP contribution in [-0.4, -0.2) is 27.3 Å². The van der Waals surface area contributed by atoms with Crippen LogP contribution in [-0.2, 0) is 10.1 Å². The normalized spacial score (nSPS) is 13.5. The van der Waals surface area contributed by atoms with Crippen molar-refractivity contribution in [3.05, 3.63) is 0 Å². The maximum absolute atomic E-state index is 10.7. The van der Waals surface area contributed by atoms with E-state index in [4.69, 9.17) is 13.0 Å². The van der Waals surface area contributed by atoms with Crippen molar-refractivity contribution in [2.45, 2.75) is 44.4 Å². The molecule has 0 bridgehead atoms. The van der Waals surface area contributed by atoms with Gasteiger partial charge in [-0.1, -0.05) is 33.9 Å². The predicted octanol–water partition coefficient (Wildman–Crippen LogP) is 2.67. The van der Waals surface area contributed by atoms with Gasteiger partial charge in [0, 0.05) is 8.80 Å². The summed E-state index contributed by atoms with van der Waals surface area (Å²) in [5.41, 5.74) is -5.53. The molecule has 3 nitrogen and oxygen atoms in total. The summed E-state index contributed by atoms with van der Waals surface area (Å²) in [6.45, 7) is 11.7. The van der Waals surface area contributed by atoms with Crippen LogP contribution in [0.2, 0.25) is 18.1 Å². The van der Waals surface area contributed by atoms with Gasteiger partial charge >= 0.3 is 15.6 Å². The van der Waals surface area contributed by atoms with Gasteiger partial charge in [0.1, 0.15) is 0 Å². The number of halogens is 3. The molecule has 0 amide bonds. The Hall–Kier alpha value is -0.0831. The molecule has 0 spiro atoms. The lowest BCUT2D eigenvalue weighted by Crippen LogP contribution is -2.21. The maximum atomic E-state index is 10.7. The summed E-state index contributed by atoms with van der Waals surface area (Å²) in [4.78, 5) is 0. The molecular weight excluding hydrogens is 249 g/mol. The second kappa shape index (κ2) is 5.31. The molecule has 1 N–H and O–H groups in total. The van der Waals surface area contributed by atoms with Crippen LogP contribution in [0.15, 0.2) is 0 Å². The Morgan fingerprint density at radius 2 is 1.20 bits per heavy atom. The van der Waals surface area contributed by atoms with E-state index >= 15 is 0 Å². The van der Waals surface area contributed by atoms with Crippen LogP contribution >= 0.6 is 0 Å². The van der Waals surface area contributed by atoms with Crippen LogP contribution in [0.25, 0.3) is 0 Å². The molecule has 0 aromatic carbocycles. The van der Waals surface area contributed by atoms with Crippen LogP contribution in [0.5, 0.6) is 0 Å². The topological polar surface area (TPSA) is 54.4 Å². The van der Waals surface area contributed by atoms with Gasteiger partial charge in [-0.2, -0.15) is 21.6 Å². The van der Waals surface area contributed by atoms with E-state index in [1.165, 1.54) is 0 Å². The summed E-state index contributed by atoms with van der Waals surface area (Å²) >= 11 is 0. The van der Waals surface area contributed by atoms with Crippen LogP contribution in [0.3, 0.4) is 0 Å². The van der Waals surface area contributed by atoms with Gasteiger partial charge in [-0.05, 0) is 5.04 Å². The number of hydrogen-bond acceptors (Lipinski definition) is 2. The van der Waals surface area contributed by atoms with Crippen LogP contribution in [0.4, 0.5) is 13.2 Å². The third-order valence-corrected chi connectivity index (χ3v) is 6.07. The fourth-order valence-corrected chi connectivity index (χ4v) is 0. The Morgan fingerprint density at radius 3 is 1.20 bits per heavy atom. The minimum absolute atomic E-state index is 0.359. The largest absolute Gasteiger partial charge is 0.522 e. The lowest BCUT2D eigenvalue weighted by Gasteiger charge is -2.21. The van der Waals surface area contributed by atoms with Gasteiger partial charge in [-0.3, -0.25) is 4.55 Å². The van der Waals surface area contributed by atoms with E-state index in [-0.39, 0.29) is 8.80 Å². The molecule has 0 aliphatic rings. The molecule has 0 saturated heterocycles. The van der Waals surface area contributed by atoms with E-state index < -0.39 is 15.6 Å². The molecule has 0 unspecified atom stereocenters. The van der Waals surface area contributed by atoms with Gasteiger partial charge in [0.05, 0.1) is 0 Å². The van der Waals surface area contributed by atoms with Crippen molar-refractivity contribution in [1.82, 2.24) is 0 Å². The third kappa shape index (κ3) is 8.88.